The Hall–Kier alpha value is -2.89. The molecule has 116 valence electrons. The number of imidazole rings is 1. The molecule has 0 unspecified atom stereocenters. The van der Waals surface area contributed by atoms with Crippen molar-refractivity contribution in [1.82, 2.24) is 23.9 Å². The summed E-state index contributed by atoms with van der Waals surface area (Å²) in [4.78, 5) is 17.0. The lowest BCUT2D eigenvalue weighted by Gasteiger charge is -2.10. The van der Waals surface area contributed by atoms with Crippen LogP contribution in [-0.2, 0) is 20.5 Å². The van der Waals surface area contributed by atoms with Crippen LogP contribution in [0.5, 0.6) is 0 Å². The van der Waals surface area contributed by atoms with E-state index in [0.29, 0.717) is 0 Å². The normalized spacial score (nSPS) is 13.3. The molecule has 1 aliphatic carbocycles. The molecule has 0 spiro atoms. The van der Waals surface area contributed by atoms with Crippen molar-refractivity contribution in [1.29, 1.82) is 0 Å². The van der Waals surface area contributed by atoms with Gasteiger partial charge in [0.2, 0.25) is 0 Å². The van der Waals surface area contributed by atoms with Crippen LogP contribution < -0.4 is 5.69 Å². The topological polar surface area (TPSA) is 57.6 Å². The zero-order chi connectivity index (χ0) is 16.0. The summed E-state index contributed by atoms with van der Waals surface area (Å²) in [6.45, 7) is 0. The monoisotopic (exact) mass is 307 g/mol. The molecular weight excluding hydrogens is 290 g/mol. The molecule has 0 atom stereocenters. The molecule has 4 rings (SSSR count). The van der Waals surface area contributed by atoms with Crippen LogP contribution in [0.1, 0.15) is 17.8 Å². The molecule has 3 aromatic heterocycles. The summed E-state index contributed by atoms with van der Waals surface area (Å²) in [6.07, 6.45) is 9.57. The highest BCUT2D eigenvalue weighted by atomic mass is 16.1. The van der Waals surface area contributed by atoms with Crippen molar-refractivity contribution in [2.45, 2.75) is 12.8 Å². The van der Waals surface area contributed by atoms with Crippen LogP contribution in [0.2, 0.25) is 0 Å². The Balaban J connectivity index is 1.80. The number of fused-ring (bicyclic) bond motifs is 1. The van der Waals surface area contributed by atoms with Crippen LogP contribution >= 0.6 is 0 Å². The van der Waals surface area contributed by atoms with Gasteiger partial charge in [0, 0.05) is 20.3 Å². The lowest BCUT2D eigenvalue weighted by Crippen LogP contribution is -2.22. The van der Waals surface area contributed by atoms with E-state index < -0.39 is 0 Å². The van der Waals surface area contributed by atoms with E-state index in [1.807, 2.05) is 44.6 Å². The lowest BCUT2D eigenvalue weighted by molar-refractivity contribution is 0.769. The summed E-state index contributed by atoms with van der Waals surface area (Å²) < 4.78 is 5.20. The van der Waals surface area contributed by atoms with E-state index in [1.54, 1.807) is 20.0 Å². The highest BCUT2D eigenvalue weighted by molar-refractivity contribution is 5.56. The summed E-state index contributed by atoms with van der Waals surface area (Å²) in [6, 6.07) is 5.75. The Morgan fingerprint density at radius 1 is 1.13 bits per heavy atom. The Labute approximate surface area is 133 Å². The van der Waals surface area contributed by atoms with E-state index in [1.165, 1.54) is 0 Å². The lowest BCUT2D eigenvalue weighted by atomic mass is 10.1. The summed E-state index contributed by atoms with van der Waals surface area (Å²) in [5, 5.41) is 4.35. The third-order valence-electron chi connectivity index (χ3n) is 4.21. The number of hydrogen-bond acceptors (Lipinski definition) is 3. The van der Waals surface area contributed by atoms with Crippen LogP contribution in [0.4, 0.5) is 0 Å². The van der Waals surface area contributed by atoms with E-state index >= 15 is 0 Å². The van der Waals surface area contributed by atoms with Crippen molar-refractivity contribution < 1.29 is 0 Å². The molecule has 0 amide bonds. The fourth-order valence-corrected chi connectivity index (χ4v) is 3.03. The van der Waals surface area contributed by atoms with E-state index in [9.17, 15) is 4.79 Å². The second-order valence-corrected chi connectivity index (χ2v) is 5.73. The van der Waals surface area contributed by atoms with Gasteiger partial charge in [0.1, 0.15) is 5.69 Å². The highest BCUT2D eigenvalue weighted by Crippen LogP contribution is 2.22. The fourth-order valence-electron chi connectivity index (χ4n) is 3.03. The van der Waals surface area contributed by atoms with E-state index in [-0.39, 0.29) is 5.69 Å². The first-order valence-corrected chi connectivity index (χ1v) is 7.59. The molecule has 6 heteroatoms. The average molecular weight is 307 g/mol. The van der Waals surface area contributed by atoms with Gasteiger partial charge in [-0.15, -0.1) is 0 Å². The number of aryl methyl sites for hydroxylation is 1. The number of nitrogens with zero attached hydrogens (tertiary/aromatic N) is 5. The van der Waals surface area contributed by atoms with Gasteiger partial charge in [0.25, 0.3) is 0 Å². The molecule has 0 aliphatic heterocycles. The maximum atomic E-state index is 12.6. The largest absolute Gasteiger partial charge is 0.333 e. The Kier molecular flexibility index (Phi) is 3.04. The summed E-state index contributed by atoms with van der Waals surface area (Å²) in [5.74, 6) is 0. The van der Waals surface area contributed by atoms with Crippen molar-refractivity contribution >= 4 is 6.08 Å². The summed E-state index contributed by atoms with van der Waals surface area (Å²) >= 11 is 0. The molecule has 0 saturated heterocycles. The van der Waals surface area contributed by atoms with Gasteiger partial charge in [-0.2, -0.15) is 5.10 Å². The van der Waals surface area contributed by atoms with Crippen molar-refractivity contribution in [3.8, 4) is 17.1 Å². The third kappa shape index (κ3) is 2.14. The first-order valence-electron chi connectivity index (χ1n) is 7.59. The highest BCUT2D eigenvalue weighted by Gasteiger charge is 2.19. The van der Waals surface area contributed by atoms with Crippen LogP contribution in [-0.4, -0.2) is 23.9 Å². The molecule has 0 fully saturated rings. The predicted molar refractivity (Wildman–Crippen MR) is 88.4 cm³/mol. The predicted octanol–water partition coefficient (Wildman–Crippen LogP) is 1.93. The van der Waals surface area contributed by atoms with E-state index in [0.717, 1.165) is 41.3 Å². The quantitative estimate of drug-likeness (QED) is 0.727. The van der Waals surface area contributed by atoms with E-state index in [2.05, 4.69) is 16.2 Å². The van der Waals surface area contributed by atoms with Crippen molar-refractivity contribution in [2.24, 2.45) is 14.1 Å². The van der Waals surface area contributed by atoms with Gasteiger partial charge < -0.3 is 0 Å². The average Bonchev–Trinajstić information content (AvgIpc) is 3.11. The molecule has 3 aromatic rings. The zero-order valence-corrected chi connectivity index (χ0v) is 13.1. The minimum atomic E-state index is -0.0334. The molecule has 0 bridgehead atoms. The minimum Gasteiger partial charge on any atom is -0.295 e. The van der Waals surface area contributed by atoms with Gasteiger partial charge in [0.15, 0.2) is 0 Å². The molecule has 0 saturated carbocycles. The van der Waals surface area contributed by atoms with Gasteiger partial charge in [-0.25, -0.2) is 4.79 Å². The summed E-state index contributed by atoms with van der Waals surface area (Å²) in [5.41, 5.74) is 4.41. The second kappa shape index (κ2) is 5.08. The first-order chi connectivity index (χ1) is 11.1. The van der Waals surface area contributed by atoms with Crippen LogP contribution in [0, 0.1) is 0 Å². The maximum Gasteiger partial charge on any atom is 0.333 e. The SMILES string of the molecule is Cn1ccc(-c2ccc(-n3c4c(n(C)c3=O)C=CCC4)cn2)n1. The van der Waals surface area contributed by atoms with Crippen molar-refractivity contribution in [3.63, 3.8) is 0 Å². The molecule has 0 radical (unpaired) electrons. The van der Waals surface area contributed by atoms with E-state index in [4.69, 9.17) is 0 Å². The minimum absolute atomic E-state index is 0.0334. The Morgan fingerprint density at radius 2 is 2.00 bits per heavy atom. The molecule has 0 N–H and O–H groups in total. The van der Waals surface area contributed by atoms with Gasteiger partial charge in [-0.05, 0) is 37.1 Å². The first kappa shape index (κ1) is 13.8. The molecule has 3 heterocycles. The third-order valence-corrected chi connectivity index (χ3v) is 4.21. The molecule has 1 aliphatic rings. The Morgan fingerprint density at radius 3 is 2.70 bits per heavy atom. The molecular formula is C17H17N5O. The summed E-state index contributed by atoms with van der Waals surface area (Å²) in [7, 11) is 3.68. The van der Waals surface area contributed by atoms with Gasteiger partial charge in [-0.3, -0.25) is 18.8 Å². The van der Waals surface area contributed by atoms with Gasteiger partial charge >= 0.3 is 5.69 Å². The molecule has 0 aromatic carbocycles. The zero-order valence-electron chi connectivity index (χ0n) is 13.1. The Bertz CT molecular complexity index is 956. The number of rotatable bonds is 2. The number of pyridine rings is 1. The molecule has 6 nitrogen and oxygen atoms in total. The maximum absolute atomic E-state index is 12.6. The second-order valence-electron chi connectivity index (χ2n) is 5.73. The molecule has 23 heavy (non-hydrogen) atoms. The number of hydrogen-bond donors (Lipinski definition) is 0. The number of aromatic nitrogens is 5. The van der Waals surface area contributed by atoms with Crippen LogP contribution in [0.15, 0.2) is 41.5 Å². The van der Waals surface area contributed by atoms with Gasteiger partial charge in [0.05, 0.1) is 29.0 Å². The van der Waals surface area contributed by atoms with Crippen molar-refractivity contribution in [3.05, 3.63) is 58.5 Å². The number of allylic oxidation sites excluding steroid dienone is 1. The smallest absolute Gasteiger partial charge is 0.295 e. The fraction of sp³-hybridized carbons (Fsp3) is 0.235. The standard InChI is InChI=1S/C17H17N5O/c1-20-10-9-14(19-20)13-8-7-12(11-18-13)22-16-6-4-3-5-15(16)21(2)17(22)23/h3,5,7-11H,4,6H2,1-2H3. The van der Waals surface area contributed by atoms with Crippen LogP contribution in [0.25, 0.3) is 23.2 Å². The van der Waals surface area contributed by atoms with Crippen LogP contribution in [0.3, 0.4) is 0 Å². The van der Waals surface area contributed by atoms with Gasteiger partial charge in [-0.1, -0.05) is 6.08 Å². The van der Waals surface area contributed by atoms with Crippen molar-refractivity contribution in [2.75, 3.05) is 0 Å².